The molecule has 140 valence electrons. The van der Waals surface area contributed by atoms with Crippen LogP contribution in [0.4, 0.5) is 0 Å². The van der Waals surface area contributed by atoms with Gasteiger partial charge in [0.1, 0.15) is 10.7 Å². The highest BCUT2D eigenvalue weighted by Gasteiger charge is 2.23. The molecule has 0 fully saturated rings. The van der Waals surface area contributed by atoms with Crippen LogP contribution in [-0.4, -0.2) is 23.8 Å². The molecular formula is C20H19BrN2O3S. The quantitative estimate of drug-likeness (QED) is 0.579. The van der Waals surface area contributed by atoms with Gasteiger partial charge < -0.3 is 9.47 Å². The second-order valence-electron chi connectivity index (χ2n) is 6.50. The Morgan fingerprint density at radius 1 is 1.22 bits per heavy atom. The fourth-order valence-electron chi connectivity index (χ4n) is 3.43. The number of rotatable bonds is 3. The number of fused-ring (bicyclic) bond motifs is 2. The number of thiophene rings is 1. The fraction of sp³-hybridized carbons (Fsp3) is 0.300. The van der Waals surface area contributed by atoms with Crippen LogP contribution >= 0.6 is 27.3 Å². The van der Waals surface area contributed by atoms with Crippen molar-refractivity contribution in [1.29, 1.82) is 0 Å². The molecule has 2 aromatic heterocycles. The average Bonchev–Trinajstić information content (AvgIpc) is 3.18. The summed E-state index contributed by atoms with van der Waals surface area (Å²) >= 11 is 5.18. The molecule has 0 aliphatic carbocycles. The summed E-state index contributed by atoms with van der Waals surface area (Å²) in [6, 6.07) is 3.81. The van der Waals surface area contributed by atoms with Crippen LogP contribution in [0.2, 0.25) is 0 Å². The lowest BCUT2D eigenvalue weighted by atomic mass is 10.1. The molecule has 1 aliphatic heterocycles. The minimum Gasteiger partial charge on any atom is -0.493 e. The van der Waals surface area contributed by atoms with Gasteiger partial charge in [-0.05, 0) is 55.2 Å². The van der Waals surface area contributed by atoms with E-state index < -0.39 is 0 Å². The Bertz CT molecular complexity index is 1160. The number of aryl methyl sites for hydroxylation is 2. The zero-order chi connectivity index (χ0) is 19.3. The third-order valence-electron chi connectivity index (χ3n) is 5.01. The van der Waals surface area contributed by atoms with E-state index in [1.54, 1.807) is 30.1 Å². The lowest BCUT2D eigenvalue weighted by molar-refractivity contribution is 0.354. The zero-order valence-electron chi connectivity index (χ0n) is 15.6. The van der Waals surface area contributed by atoms with Gasteiger partial charge >= 0.3 is 0 Å². The molecule has 3 heterocycles. The molecule has 0 spiro atoms. The van der Waals surface area contributed by atoms with Crippen molar-refractivity contribution in [2.75, 3.05) is 14.2 Å². The molecule has 0 bridgehead atoms. The van der Waals surface area contributed by atoms with Gasteiger partial charge in [-0.15, -0.1) is 11.3 Å². The van der Waals surface area contributed by atoms with Crippen LogP contribution in [0.1, 0.15) is 28.2 Å². The number of benzene rings is 1. The molecule has 0 N–H and O–H groups in total. The van der Waals surface area contributed by atoms with Crippen molar-refractivity contribution >= 4 is 49.1 Å². The van der Waals surface area contributed by atoms with E-state index in [9.17, 15) is 4.79 Å². The Morgan fingerprint density at radius 3 is 2.63 bits per heavy atom. The van der Waals surface area contributed by atoms with Gasteiger partial charge in [0.15, 0.2) is 11.5 Å². The minimum absolute atomic E-state index is 0.0617. The number of aromatic nitrogens is 2. The first-order valence-electron chi connectivity index (χ1n) is 8.57. The molecule has 1 aromatic carbocycles. The normalized spacial score (nSPS) is 14.8. The van der Waals surface area contributed by atoms with E-state index >= 15 is 0 Å². The molecule has 4 rings (SSSR count). The Morgan fingerprint density at radius 2 is 1.93 bits per heavy atom. The third kappa shape index (κ3) is 2.89. The highest BCUT2D eigenvalue weighted by molar-refractivity contribution is 9.10. The van der Waals surface area contributed by atoms with E-state index in [0.717, 1.165) is 48.5 Å². The minimum atomic E-state index is 0.0617. The Balaban J connectivity index is 1.88. The molecule has 0 radical (unpaired) electrons. The lowest BCUT2D eigenvalue weighted by Crippen LogP contribution is -2.20. The maximum Gasteiger partial charge on any atom is 0.262 e. The van der Waals surface area contributed by atoms with Crippen molar-refractivity contribution in [2.45, 2.75) is 26.8 Å². The zero-order valence-corrected chi connectivity index (χ0v) is 18.0. The molecule has 0 atom stereocenters. The topological polar surface area (TPSA) is 53.4 Å². The van der Waals surface area contributed by atoms with Crippen molar-refractivity contribution in [3.8, 4) is 11.5 Å². The van der Waals surface area contributed by atoms with E-state index in [1.165, 1.54) is 0 Å². The summed E-state index contributed by atoms with van der Waals surface area (Å²) in [7, 11) is 3.23. The third-order valence-corrected chi connectivity index (χ3v) is 6.80. The molecule has 0 unspecified atom stereocenters. The molecule has 1 aliphatic rings. The Labute approximate surface area is 169 Å². The number of allylic oxidation sites excluding steroid dienone is 1. The summed E-state index contributed by atoms with van der Waals surface area (Å²) in [4.78, 5) is 19.7. The molecule has 0 saturated heterocycles. The van der Waals surface area contributed by atoms with Crippen molar-refractivity contribution < 1.29 is 9.47 Å². The van der Waals surface area contributed by atoms with E-state index in [2.05, 4.69) is 22.0 Å². The van der Waals surface area contributed by atoms with Gasteiger partial charge in [-0.25, -0.2) is 4.98 Å². The number of methoxy groups -OCH3 is 2. The van der Waals surface area contributed by atoms with Crippen LogP contribution in [0.25, 0.3) is 21.9 Å². The highest BCUT2D eigenvalue weighted by atomic mass is 79.9. The fourth-order valence-corrected chi connectivity index (χ4v) is 4.89. The van der Waals surface area contributed by atoms with Gasteiger partial charge in [-0.3, -0.25) is 9.36 Å². The van der Waals surface area contributed by atoms with Crippen LogP contribution < -0.4 is 15.0 Å². The first-order chi connectivity index (χ1) is 12.9. The number of hydrogen-bond donors (Lipinski definition) is 0. The van der Waals surface area contributed by atoms with Gasteiger partial charge in [0, 0.05) is 15.9 Å². The summed E-state index contributed by atoms with van der Waals surface area (Å²) in [6.07, 6.45) is 2.84. The van der Waals surface area contributed by atoms with Crippen molar-refractivity contribution in [3.63, 3.8) is 0 Å². The molecule has 0 saturated carbocycles. The van der Waals surface area contributed by atoms with Crippen LogP contribution in [0.3, 0.4) is 0 Å². The van der Waals surface area contributed by atoms with Gasteiger partial charge in [-0.2, -0.15) is 0 Å². The number of nitrogens with zero attached hydrogens (tertiary/aromatic N) is 2. The van der Waals surface area contributed by atoms with Crippen LogP contribution in [-0.2, 0) is 6.54 Å². The van der Waals surface area contributed by atoms with E-state index in [0.29, 0.717) is 18.0 Å². The summed E-state index contributed by atoms with van der Waals surface area (Å²) < 4.78 is 13.5. The largest absolute Gasteiger partial charge is 0.493 e. The van der Waals surface area contributed by atoms with E-state index in [-0.39, 0.29) is 5.56 Å². The molecule has 0 amide bonds. The van der Waals surface area contributed by atoms with Crippen LogP contribution in [0, 0.1) is 13.8 Å². The second kappa shape index (κ2) is 6.80. The predicted molar refractivity (Wildman–Crippen MR) is 113 cm³/mol. The maximum atomic E-state index is 13.0. The smallest absolute Gasteiger partial charge is 0.262 e. The second-order valence-corrected chi connectivity index (χ2v) is 8.56. The summed E-state index contributed by atoms with van der Waals surface area (Å²) in [5, 5.41) is 0.759. The van der Waals surface area contributed by atoms with E-state index in [1.807, 2.05) is 26.0 Å². The van der Waals surface area contributed by atoms with E-state index in [4.69, 9.17) is 14.5 Å². The van der Waals surface area contributed by atoms with Gasteiger partial charge in [-0.1, -0.05) is 15.9 Å². The summed E-state index contributed by atoms with van der Waals surface area (Å²) in [5.74, 6) is 2.09. The lowest BCUT2D eigenvalue weighted by Gasteiger charge is -2.10. The molecular weight excluding hydrogens is 428 g/mol. The monoisotopic (exact) mass is 446 g/mol. The molecule has 27 heavy (non-hydrogen) atoms. The Hall–Kier alpha value is -2.12. The van der Waals surface area contributed by atoms with Crippen LogP contribution in [0.15, 0.2) is 21.4 Å². The predicted octanol–water partition coefficient (Wildman–Crippen LogP) is 4.80. The van der Waals surface area contributed by atoms with Crippen molar-refractivity contribution in [3.05, 3.63) is 48.8 Å². The molecule has 5 nitrogen and oxygen atoms in total. The molecule has 7 heteroatoms. The van der Waals surface area contributed by atoms with Crippen LogP contribution in [0.5, 0.6) is 11.5 Å². The SMILES string of the molecule is COc1cc(Br)c(/C=C2\CCn3c2nc2sc(C)c(C)c2c3=O)cc1OC. The van der Waals surface area contributed by atoms with Gasteiger partial charge in [0.2, 0.25) is 0 Å². The van der Waals surface area contributed by atoms with Crippen molar-refractivity contribution in [1.82, 2.24) is 9.55 Å². The first-order valence-corrected chi connectivity index (χ1v) is 10.2. The average molecular weight is 447 g/mol. The highest BCUT2D eigenvalue weighted by Crippen LogP contribution is 2.37. The number of halogens is 1. The van der Waals surface area contributed by atoms with Gasteiger partial charge in [0.25, 0.3) is 5.56 Å². The first kappa shape index (κ1) is 18.3. The summed E-state index contributed by atoms with van der Waals surface area (Å²) in [5.41, 5.74) is 3.11. The maximum absolute atomic E-state index is 13.0. The number of hydrogen-bond acceptors (Lipinski definition) is 5. The Kier molecular flexibility index (Phi) is 4.60. The summed E-state index contributed by atoms with van der Waals surface area (Å²) in [6.45, 7) is 4.69. The molecule has 3 aromatic rings. The van der Waals surface area contributed by atoms with Crippen molar-refractivity contribution in [2.24, 2.45) is 0 Å². The van der Waals surface area contributed by atoms with Gasteiger partial charge in [0.05, 0.1) is 19.6 Å². The standard InChI is InChI=1S/C20H19BrN2O3S/c1-10-11(2)27-19-17(10)20(24)23-6-5-12(18(23)22-19)7-13-8-15(25-3)16(26-4)9-14(13)21/h7-9H,5-6H2,1-4H3/b12-7+. The number of ether oxygens (including phenoxy) is 2.